The van der Waals surface area contributed by atoms with Gasteiger partial charge in [-0.3, -0.25) is 4.79 Å². The number of nitrogens with zero attached hydrogens (tertiary/aromatic N) is 1. The van der Waals surface area contributed by atoms with Crippen LogP contribution in [-0.4, -0.2) is 36.0 Å². The Labute approximate surface area is 135 Å². The molecule has 0 bridgehead atoms. The quantitative estimate of drug-likeness (QED) is 0.507. The maximum Gasteiger partial charge on any atom is 0.252 e. The van der Waals surface area contributed by atoms with Gasteiger partial charge in [-0.05, 0) is 49.8 Å². The molecular weight excluding hydrogens is 304 g/mol. The van der Waals surface area contributed by atoms with Gasteiger partial charge in [0.15, 0.2) is 0 Å². The van der Waals surface area contributed by atoms with E-state index in [0.717, 1.165) is 37.2 Å². The lowest BCUT2D eigenvalue weighted by atomic mass is 9.90. The number of amides is 1. The first-order chi connectivity index (χ1) is 9.99. The molecule has 1 aromatic carbocycles. The molecule has 116 valence electrons. The lowest BCUT2D eigenvalue weighted by Crippen LogP contribution is -2.52. The van der Waals surface area contributed by atoms with Crippen LogP contribution in [0.5, 0.6) is 5.75 Å². The van der Waals surface area contributed by atoms with Crippen LogP contribution in [-0.2, 0) is 0 Å². The zero-order chi connectivity index (χ0) is 15.5. The van der Waals surface area contributed by atoms with Crippen LogP contribution in [0.1, 0.15) is 35.7 Å². The zero-order valence-corrected chi connectivity index (χ0v) is 14.4. The fourth-order valence-electron chi connectivity index (χ4n) is 2.61. The van der Waals surface area contributed by atoms with Crippen molar-refractivity contribution < 1.29 is 9.53 Å². The third kappa shape index (κ3) is 3.87. The van der Waals surface area contributed by atoms with Crippen LogP contribution in [0.15, 0.2) is 18.2 Å². The van der Waals surface area contributed by atoms with E-state index in [0.29, 0.717) is 5.56 Å². The van der Waals surface area contributed by atoms with Crippen LogP contribution < -0.4 is 10.1 Å². The van der Waals surface area contributed by atoms with Crippen molar-refractivity contribution in [1.82, 2.24) is 9.62 Å². The summed E-state index contributed by atoms with van der Waals surface area (Å²) in [4.78, 5) is 12.6. The van der Waals surface area contributed by atoms with Crippen molar-refractivity contribution in [2.24, 2.45) is 0 Å². The number of methoxy groups -OCH3 is 1. The van der Waals surface area contributed by atoms with E-state index in [-0.39, 0.29) is 11.4 Å². The molecule has 0 saturated carbocycles. The fourth-order valence-corrected chi connectivity index (χ4v) is 3.45. The number of piperidine rings is 1. The first kappa shape index (κ1) is 16.5. The normalized spacial score (nSPS) is 18.3. The molecule has 1 saturated heterocycles. The maximum absolute atomic E-state index is 12.6. The van der Waals surface area contributed by atoms with E-state index in [2.05, 4.69) is 28.2 Å². The number of nitrogens with one attached hydrogen (secondary N) is 1. The van der Waals surface area contributed by atoms with Gasteiger partial charge < -0.3 is 10.1 Å². The highest BCUT2D eigenvalue weighted by Gasteiger charge is 2.32. The van der Waals surface area contributed by atoms with Crippen molar-refractivity contribution in [1.29, 1.82) is 0 Å². The zero-order valence-electron chi connectivity index (χ0n) is 12.7. The Morgan fingerprint density at radius 3 is 2.67 bits per heavy atom. The third-order valence-electron chi connectivity index (χ3n) is 4.11. The monoisotopic (exact) mass is 326 g/mol. The number of hydrogen-bond acceptors (Lipinski definition) is 5. The molecule has 1 fully saturated rings. The van der Waals surface area contributed by atoms with Gasteiger partial charge in [0.1, 0.15) is 5.75 Å². The fraction of sp³-hybridized carbons (Fsp3) is 0.533. The largest absolute Gasteiger partial charge is 0.496 e. The Morgan fingerprint density at radius 2 is 2.10 bits per heavy atom. The number of carbonyl (C=O) groups excluding carboxylic acids is 1. The first-order valence-electron chi connectivity index (χ1n) is 7.02. The van der Waals surface area contributed by atoms with Crippen molar-refractivity contribution in [3.63, 3.8) is 0 Å². The van der Waals surface area contributed by atoms with Gasteiger partial charge in [-0.25, -0.2) is 4.31 Å². The summed E-state index contributed by atoms with van der Waals surface area (Å²) >= 11 is 4.22. The minimum absolute atomic E-state index is 0.0270. The van der Waals surface area contributed by atoms with E-state index in [4.69, 9.17) is 4.74 Å². The smallest absolute Gasteiger partial charge is 0.252 e. The molecule has 0 radical (unpaired) electrons. The number of carbonyl (C=O) groups is 1. The number of hydrogen-bond donors (Lipinski definition) is 2. The van der Waals surface area contributed by atoms with E-state index in [1.54, 1.807) is 7.11 Å². The molecule has 1 aromatic rings. The Morgan fingerprint density at radius 1 is 1.43 bits per heavy atom. The molecule has 0 unspecified atom stereocenters. The van der Waals surface area contributed by atoms with Crippen LogP contribution in [0.3, 0.4) is 0 Å². The second kappa shape index (κ2) is 6.94. The van der Waals surface area contributed by atoms with Gasteiger partial charge in [-0.1, -0.05) is 17.7 Å². The molecule has 1 heterocycles. The van der Waals surface area contributed by atoms with E-state index in [9.17, 15) is 4.79 Å². The average molecular weight is 326 g/mol. The van der Waals surface area contributed by atoms with Crippen LogP contribution >= 0.6 is 22.6 Å². The molecule has 1 amide bonds. The highest BCUT2D eigenvalue weighted by atomic mass is 33.1. The molecule has 1 aliphatic heterocycles. The SMILES string of the molecule is COc1cccc(C(=O)NC2(C)CCN(SS)CC2)c1C. The van der Waals surface area contributed by atoms with Crippen LogP contribution in [0, 0.1) is 6.92 Å². The summed E-state index contributed by atoms with van der Waals surface area (Å²) in [7, 11) is 3.09. The minimum Gasteiger partial charge on any atom is -0.496 e. The van der Waals surface area contributed by atoms with Gasteiger partial charge in [0.25, 0.3) is 5.91 Å². The molecule has 6 heteroatoms. The van der Waals surface area contributed by atoms with E-state index in [1.807, 2.05) is 25.1 Å². The molecule has 21 heavy (non-hydrogen) atoms. The van der Waals surface area contributed by atoms with Crippen LogP contribution in [0.25, 0.3) is 0 Å². The highest BCUT2D eigenvalue weighted by Crippen LogP contribution is 2.28. The standard InChI is InChI=1S/C15H22N2O2S2/c1-11-12(5-4-6-13(11)19-3)14(18)16-15(2)7-9-17(21-20)10-8-15/h4-6,20H,7-10H2,1-3H3,(H,16,18). The van der Waals surface area contributed by atoms with Crippen molar-refractivity contribution in [3.05, 3.63) is 29.3 Å². The van der Waals surface area contributed by atoms with Gasteiger partial charge in [0.2, 0.25) is 0 Å². The number of benzene rings is 1. The number of rotatable bonds is 4. The Bertz CT molecular complexity index is 514. The topological polar surface area (TPSA) is 41.6 Å². The van der Waals surface area contributed by atoms with Gasteiger partial charge in [0.05, 0.1) is 7.11 Å². The van der Waals surface area contributed by atoms with Crippen LogP contribution in [0.2, 0.25) is 0 Å². The van der Waals surface area contributed by atoms with E-state index < -0.39 is 0 Å². The van der Waals surface area contributed by atoms with Crippen molar-refractivity contribution >= 4 is 28.5 Å². The Hall–Kier alpha value is -0.850. The van der Waals surface area contributed by atoms with E-state index in [1.165, 1.54) is 11.0 Å². The lowest BCUT2D eigenvalue weighted by Gasteiger charge is -2.38. The summed E-state index contributed by atoms with van der Waals surface area (Å²) in [5, 5.41) is 3.19. The molecule has 0 spiro atoms. The molecular formula is C15H22N2O2S2. The summed E-state index contributed by atoms with van der Waals surface area (Å²) in [6.45, 7) is 5.89. The first-order valence-corrected chi connectivity index (χ1v) is 8.84. The van der Waals surface area contributed by atoms with Gasteiger partial charge in [0, 0.05) is 29.8 Å². The summed E-state index contributed by atoms with van der Waals surface area (Å²) in [5.41, 5.74) is 1.40. The molecule has 1 N–H and O–H groups in total. The Kier molecular flexibility index (Phi) is 5.46. The number of thiol groups is 1. The predicted molar refractivity (Wildman–Crippen MR) is 91.0 cm³/mol. The minimum atomic E-state index is -0.160. The predicted octanol–water partition coefficient (Wildman–Crippen LogP) is 3.08. The highest BCUT2D eigenvalue weighted by molar-refractivity contribution is 8.67. The summed E-state index contributed by atoms with van der Waals surface area (Å²) < 4.78 is 7.48. The van der Waals surface area contributed by atoms with Gasteiger partial charge >= 0.3 is 0 Å². The molecule has 1 aliphatic rings. The van der Waals surface area contributed by atoms with E-state index >= 15 is 0 Å². The lowest BCUT2D eigenvalue weighted by molar-refractivity contribution is 0.0873. The molecule has 0 aliphatic carbocycles. The summed E-state index contributed by atoms with van der Waals surface area (Å²) in [6.07, 6.45) is 1.85. The van der Waals surface area contributed by atoms with Gasteiger partial charge in [-0.2, -0.15) is 0 Å². The summed E-state index contributed by atoms with van der Waals surface area (Å²) in [6, 6.07) is 5.56. The average Bonchev–Trinajstić information content (AvgIpc) is 2.48. The maximum atomic E-state index is 12.6. The van der Waals surface area contributed by atoms with Crippen molar-refractivity contribution in [2.45, 2.75) is 32.2 Å². The molecule has 4 nitrogen and oxygen atoms in total. The van der Waals surface area contributed by atoms with Crippen molar-refractivity contribution in [2.75, 3.05) is 20.2 Å². The molecule has 2 rings (SSSR count). The molecule has 0 atom stereocenters. The summed E-state index contributed by atoms with van der Waals surface area (Å²) in [5.74, 6) is 0.718. The second-order valence-electron chi connectivity index (χ2n) is 5.66. The van der Waals surface area contributed by atoms with Crippen molar-refractivity contribution in [3.8, 4) is 5.75 Å². The molecule has 0 aromatic heterocycles. The van der Waals surface area contributed by atoms with Crippen LogP contribution in [0.4, 0.5) is 0 Å². The second-order valence-corrected chi connectivity index (χ2v) is 6.83. The Balaban J connectivity index is 2.08. The number of ether oxygens (including phenoxy) is 1. The van der Waals surface area contributed by atoms with Gasteiger partial charge in [-0.15, -0.1) is 0 Å². The third-order valence-corrected chi connectivity index (χ3v) is 5.39.